The highest BCUT2D eigenvalue weighted by atomic mass is 79.9. The number of aromatic nitrogens is 2. The number of hydrogen-bond donors (Lipinski definition) is 2. The predicted octanol–water partition coefficient (Wildman–Crippen LogP) is 3.33. The molecule has 0 saturated carbocycles. The number of benzene rings is 1. The van der Waals surface area contributed by atoms with Crippen LogP contribution in [-0.4, -0.2) is 14.9 Å². The van der Waals surface area contributed by atoms with Crippen LogP contribution in [0.2, 0.25) is 0 Å². The third kappa shape index (κ3) is 3.58. The highest BCUT2D eigenvalue weighted by molar-refractivity contribution is 9.10. The Kier molecular flexibility index (Phi) is 4.61. The lowest BCUT2D eigenvalue weighted by Gasteiger charge is -2.10. The zero-order chi connectivity index (χ0) is 13.8. The molecular weight excluding hydrogens is 306 g/mol. The van der Waals surface area contributed by atoms with Crippen LogP contribution in [0.25, 0.3) is 0 Å². The summed E-state index contributed by atoms with van der Waals surface area (Å²) in [4.78, 5) is 0. The van der Waals surface area contributed by atoms with E-state index in [0.29, 0.717) is 12.6 Å². The molecule has 1 aromatic carbocycles. The maximum Gasteiger partial charge on any atom is 0.0702 e. The Labute approximate surface area is 121 Å². The molecule has 19 heavy (non-hydrogen) atoms. The van der Waals surface area contributed by atoms with E-state index in [1.807, 2.05) is 35.3 Å². The summed E-state index contributed by atoms with van der Waals surface area (Å²) in [6.07, 6.45) is 3.90. The van der Waals surface area contributed by atoms with Gasteiger partial charge in [-0.3, -0.25) is 4.68 Å². The Morgan fingerprint density at radius 3 is 2.84 bits per heavy atom. The first-order valence-corrected chi connectivity index (χ1v) is 7.05. The Balaban J connectivity index is 2.05. The number of halogens is 1. The molecule has 0 radical (unpaired) electrons. The van der Waals surface area contributed by atoms with Crippen LogP contribution in [0.1, 0.15) is 31.0 Å². The normalized spacial score (nSPS) is 11.0. The molecule has 0 bridgehead atoms. The van der Waals surface area contributed by atoms with Crippen LogP contribution in [0.5, 0.6) is 0 Å². The third-order valence-corrected chi connectivity index (χ3v) is 3.40. The summed E-state index contributed by atoms with van der Waals surface area (Å²) < 4.78 is 2.90. The van der Waals surface area contributed by atoms with Gasteiger partial charge in [-0.05, 0) is 32.0 Å². The second kappa shape index (κ2) is 6.21. The second-order valence-corrected chi connectivity index (χ2v) is 5.65. The summed E-state index contributed by atoms with van der Waals surface area (Å²) in [6, 6.07) is 6.20. The number of anilines is 1. The molecule has 1 heterocycles. The molecule has 0 aliphatic carbocycles. The second-order valence-electron chi connectivity index (χ2n) is 4.74. The van der Waals surface area contributed by atoms with Gasteiger partial charge in [0.2, 0.25) is 0 Å². The summed E-state index contributed by atoms with van der Waals surface area (Å²) in [6.45, 7) is 4.92. The van der Waals surface area contributed by atoms with Crippen molar-refractivity contribution < 1.29 is 5.11 Å². The predicted molar refractivity (Wildman–Crippen MR) is 80.0 cm³/mol. The first-order valence-electron chi connectivity index (χ1n) is 6.26. The number of nitrogens with zero attached hydrogens (tertiary/aromatic N) is 2. The van der Waals surface area contributed by atoms with Gasteiger partial charge in [0.1, 0.15) is 0 Å². The molecule has 0 saturated heterocycles. The fourth-order valence-corrected chi connectivity index (χ4v) is 2.22. The Hall–Kier alpha value is -1.33. The van der Waals surface area contributed by atoms with Crippen molar-refractivity contribution in [1.82, 2.24) is 9.78 Å². The lowest BCUT2D eigenvalue weighted by molar-refractivity contribution is 0.282. The average molecular weight is 324 g/mol. The third-order valence-electron chi connectivity index (χ3n) is 2.90. The van der Waals surface area contributed by atoms with Gasteiger partial charge in [0.25, 0.3) is 0 Å². The van der Waals surface area contributed by atoms with Crippen LogP contribution in [0.4, 0.5) is 5.69 Å². The average Bonchev–Trinajstić information content (AvgIpc) is 2.86. The van der Waals surface area contributed by atoms with E-state index < -0.39 is 0 Å². The number of hydrogen-bond acceptors (Lipinski definition) is 3. The molecule has 0 aliphatic rings. The van der Waals surface area contributed by atoms with E-state index >= 15 is 0 Å². The fraction of sp³-hybridized carbons (Fsp3) is 0.357. The van der Waals surface area contributed by atoms with E-state index in [-0.39, 0.29) is 6.61 Å². The summed E-state index contributed by atoms with van der Waals surface area (Å²) >= 11 is 3.40. The molecule has 2 N–H and O–H groups in total. The lowest BCUT2D eigenvalue weighted by Crippen LogP contribution is -2.03. The van der Waals surface area contributed by atoms with Gasteiger partial charge in [-0.15, -0.1) is 0 Å². The summed E-state index contributed by atoms with van der Waals surface area (Å²) in [7, 11) is 0. The monoisotopic (exact) mass is 323 g/mol. The lowest BCUT2D eigenvalue weighted by atomic mass is 10.2. The molecule has 4 nitrogen and oxygen atoms in total. The summed E-state index contributed by atoms with van der Waals surface area (Å²) in [5, 5.41) is 17.0. The van der Waals surface area contributed by atoms with Crippen molar-refractivity contribution in [1.29, 1.82) is 0 Å². The smallest absolute Gasteiger partial charge is 0.0702 e. The van der Waals surface area contributed by atoms with E-state index in [4.69, 9.17) is 0 Å². The van der Waals surface area contributed by atoms with Crippen LogP contribution >= 0.6 is 15.9 Å². The molecular formula is C14H18BrN3O. The minimum absolute atomic E-state index is 0.0209. The van der Waals surface area contributed by atoms with Gasteiger partial charge in [-0.1, -0.05) is 15.9 Å². The molecule has 1 aromatic heterocycles. The first-order chi connectivity index (χ1) is 9.10. The molecule has 5 heteroatoms. The number of aliphatic hydroxyl groups is 1. The van der Waals surface area contributed by atoms with E-state index in [9.17, 15) is 5.11 Å². The van der Waals surface area contributed by atoms with Gasteiger partial charge >= 0.3 is 0 Å². The van der Waals surface area contributed by atoms with Crippen molar-refractivity contribution in [3.8, 4) is 0 Å². The van der Waals surface area contributed by atoms with Crippen molar-refractivity contribution in [3.05, 3.63) is 46.2 Å². The fourth-order valence-electron chi connectivity index (χ4n) is 1.81. The van der Waals surface area contributed by atoms with Crippen molar-refractivity contribution >= 4 is 21.6 Å². The molecule has 0 aliphatic heterocycles. The van der Waals surface area contributed by atoms with Crippen molar-refractivity contribution in [2.75, 3.05) is 5.32 Å². The largest absolute Gasteiger partial charge is 0.392 e. The van der Waals surface area contributed by atoms with Gasteiger partial charge in [0.05, 0.1) is 12.8 Å². The van der Waals surface area contributed by atoms with Crippen LogP contribution < -0.4 is 5.32 Å². The first kappa shape index (κ1) is 14.1. The van der Waals surface area contributed by atoms with Crippen LogP contribution in [-0.2, 0) is 13.2 Å². The Bertz CT molecular complexity index is 551. The number of aliphatic hydroxyl groups excluding tert-OH is 1. The minimum Gasteiger partial charge on any atom is -0.392 e. The van der Waals surface area contributed by atoms with Crippen molar-refractivity contribution in [2.45, 2.75) is 33.0 Å². The molecule has 0 unspecified atom stereocenters. The molecule has 2 aromatic rings. The zero-order valence-electron chi connectivity index (χ0n) is 11.1. The van der Waals surface area contributed by atoms with Gasteiger partial charge in [-0.25, -0.2) is 0 Å². The van der Waals surface area contributed by atoms with E-state index in [0.717, 1.165) is 21.3 Å². The van der Waals surface area contributed by atoms with E-state index in [1.54, 1.807) is 0 Å². The topological polar surface area (TPSA) is 50.1 Å². The van der Waals surface area contributed by atoms with Gasteiger partial charge in [-0.2, -0.15) is 5.10 Å². The van der Waals surface area contributed by atoms with Gasteiger partial charge < -0.3 is 10.4 Å². The molecule has 102 valence electrons. The summed E-state index contributed by atoms with van der Waals surface area (Å²) in [5.74, 6) is 0. The highest BCUT2D eigenvalue weighted by Crippen LogP contribution is 2.21. The molecule has 2 rings (SSSR count). The van der Waals surface area contributed by atoms with E-state index in [1.165, 1.54) is 0 Å². The van der Waals surface area contributed by atoms with Crippen LogP contribution in [0.3, 0.4) is 0 Å². The maximum absolute atomic E-state index is 9.34. The molecule has 0 atom stereocenters. The van der Waals surface area contributed by atoms with Gasteiger partial charge in [0, 0.05) is 40.1 Å². The standard InChI is InChI=1S/C14H18BrN3O/c1-10(2)18-8-11(7-17-18)6-16-14-4-3-13(15)5-12(14)9-19/h3-5,7-8,10,16,19H,6,9H2,1-2H3. The minimum atomic E-state index is 0.0209. The van der Waals surface area contributed by atoms with Crippen LogP contribution in [0.15, 0.2) is 35.1 Å². The van der Waals surface area contributed by atoms with Gasteiger partial charge in [0.15, 0.2) is 0 Å². The summed E-state index contributed by atoms with van der Waals surface area (Å²) in [5.41, 5.74) is 2.95. The number of nitrogens with one attached hydrogen (secondary N) is 1. The molecule has 0 spiro atoms. The van der Waals surface area contributed by atoms with Crippen LogP contribution in [0, 0.1) is 0 Å². The highest BCUT2D eigenvalue weighted by Gasteiger charge is 2.04. The Morgan fingerprint density at radius 1 is 1.42 bits per heavy atom. The number of rotatable bonds is 5. The van der Waals surface area contributed by atoms with Crippen molar-refractivity contribution in [3.63, 3.8) is 0 Å². The maximum atomic E-state index is 9.34. The SMILES string of the molecule is CC(C)n1cc(CNc2ccc(Br)cc2CO)cn1. The van der Waals surface area contributed by atoms with E-state index in [2.05, 4.69) is 40.2 Å². The molecule has 0 amide bonds. The Morgan fingerprint density at radius 2 is 2.21 bits per heavy atom. The zero-order valence-corrected chi connectivity index (χ0v) is 12.7. The molecule has 0 fully saturated rings. The van der Waals surface area contributed by atoms with Crippen molar-refractivity contribution in [2.24, 2.45) is 0 Å². The quantitative estimate of drug-likeness (QED) is 0.887.